The van der Waals surface area contributed by atoms with Crippen molar-refractivity contribution in [3.63, 3.8) is 0 Å². The van der Waals surface area contributed by atoms with Crippen LogP contribution >= 0.6 is 0 Å². The molecule has 0 heterocycles. The average molecular weight is 270 g/mol. The van der Waals surface area contributed by atoms with Crippen molar-refractivity contribution in [2.24, 2.45) is 5.92 Å². The maximum Gasteiger partial charge on any atom is 0.324 e. The molecule has 1 unspecified atom stereocenters. The Hall–Kier alpha value is -0.610. The molecule has 4 nitrogen and oxygen atoms in total. The zero-order valence-electron chi connectivity index (χ0n) is 12.9. The van der Waals surface area contributed by atoms with E-state index in [-0.39, 0.29) is 0 Å². The standard InChI is InChI=1S/C15H30N2O2/c1-5-12-7-9-13(10-8-12)17(4)11-15(3,14(18)19)16-6-2/h12-13,16H,5-11H2,1-4H3,(H,18,19). The van der Waals surface area contributed by atoms with Crippen LogP contribution in [0.25, 0.3) is 0 Å². The Morgan fingerprint density at radius 2 is 1.89 bits per heavy atom. The molecule has 0 aliphatic heterocycles. The van der Waals surface area contributed by atoms with Gasteiger partial charge in [0.1, 0.15) is 5.54 Å². The lowest BCUT2D eigenvalue weighted by Crippen LogP contribution is -2.57. The molecule has 0 aromatic carbocycles. The zero-order valence-corrected chi connectivity index (χ0v) is 12.9. The first-order valence-electron chi connectivity index (χ1n) is 7.61. The number of nitrogens with zero attached hydrogens (tertiary/aromatic N) is 1. The van der Waals surface area contributed by atoms with Crippen LogP contribution in [-0.2, 0) is 4.79 Å². The summed E-state index contributed by atoms with van der Waals surface area (Å²) in [6.07, 6.45) is 6.27. The molecule has 1 atom stereocenters. The van der Waals surface area contributed by atoms with E-state index in [2.05, 4.69) is 24.2 Å². The Balaban J connectivity index is 2.53. The van der Waals surface area contributed by atoms with Gasteiger partial charge in [0.25, 0.3) is 0 Å². The summed E-state index contributed by atoms with van der Waals surface area (Å²) in [7, 11) is 2.06. The number of aliphatic carboxylic acids is 1. The third-order valence-corrected chi connectivity index (χ3v) is 4.62. The van der Waals surface area contributed by atoms with E-state index in [1.54, 1.807) is 6.92 Å². The maximum absolute atomic E-state index is 11.4. The first kappa shape index (κ1) is 16.4. The van der Waals surface area contributed by atoms with Crippen molar-refractivity contribution in [1.82, 2.24) is 10.2 Å². The first-order valence-corrected chi connectivity index (χ1v) is 7.61. The molecule has 1 saturated carbocycles. The van der Waals surface area contributed by atoms with E-state index in [4.69, 9.17) is 0 Å². The van der Waals surface area contributed by atoms with Crippen LogP contribution in [0.3, 0.4) is 0 Å². The average Bonchev–Trinajstić information content (AvgIpc) is 2.38. The molecule has 0 saturated heterocycles. The lowest BCUT2D eigenvalue weighted by atomic mass is 9.83. The largest absolute Gasteiger partial charge is 0.480 e. The minimum atomic E-state index is -0.842. The summed E-state index contributed by atoms with van der Waals surface area (Å²) in [4.78, 5) is 13.7. The molecular weight excluding hydrogens is 240 g/mol. The molecule has 0 radical (unpaired) electrons. The van der Waals surface area contributed by atoms with Gasteiger partial charge in [-0.15, -0.1) is 0 Å². The van der Waals surface area contributed by atoms with Crippen LogP contribution in [0.1, 0.15) is 52.9 Å². The molecule has 19 heavy (non-hydrogen) atoms. The second-order valence-electron chi connectivity index (χ2n) is 6.17. The number of hydrogen-bond acceptors (Lipinski definition) is 3. The summed E-state index contributed by atoms with van der Waals surface area (Å²) >= 11 is 0. The second kappa shape index (κ2) is 7.25. The molecule has 1 aliphatic rings. The molecule has 0 aromatic rings. The SMILES string of the molecule is CCNC(C)(CN(C)C1CCC(CC)CC1)C(=O)O. The van der Waals surface area contributed by atoms with Crippen LogP contribution in [0.4, 0.5) is 0 Å². The molecule has 1 aliphatic carbocycles. The van der Waals surface area contributed by atoms with Gasteiger partial charge in [0.15, 0.2) is 0 Å². The number of carboxylic acid groups (broad SMARTS) is 1. The molecule has 1 fully saturated rings. The molecule has 0 bridgehead atoms. The number of rotatable bonds is 7. The highest BCUT2D eigenvalue weighted by Crippen LogP contribution is 2.29. The normalized spacial score (nSPS) is 27.2. The summed E-state index contributed by atoms with van der Waals surface area (Å²) in [5.74, 6) is 0.118. The Morgan fingerprint density at radius 3 is 2.32 bits per heavy atom. The van der Waals surface area contributed by atoms with Crippen LogP contribution in [-0.4, -0.2) is 47.7 Å². The summed E-state index contributed by atoms with van der Waals surface area (Å²) in [6, 6.07) is 0.542. The molecule has 0 spiro atoms. The highest BCUT2D eigenvalue weighted by Gasteiger charge is 2.35. The van der Waals surface area contributed by atoms with Crippen molar-refractivity contribution in [2.45, 2.75) is 64.5 Å². The van der Waals surface area contributed by atoms with Gasteiger partial charge in [0.2, 0.25) is 0 Å². The van der Waals surface area contributed by atoms with Gasteiger partial charge in [0.05, 0.1) is 0 Å². The van der Waals surface area contributed by atoms with Gasteiger partial charge in [-0.3, -0.25) is 4.79 Å². The highest BCUT2D eigenvalue weighted by molar-refractivity contribution is 5.78. The third kappa shape index (κ3) is 4.46. The minimum Gasteiger partial charge on any atom is -0.480 e. The zero-order chi connectivity index (χ0) is 14.5. The highest BCUT2D eigenvalue weighted by atomic mass is 16.4. The third-order valence-electron chi connectivity index (χ3n) is 4.62. The Bertz CT molecular complexity index is 288. The quantitative estimate of drug-likeness (QED) is 0.745. The summed E-state index contributed by atoms with van der Waals surface area (Å²) in [5.41, 5.74) is -0.842. The van der Waals surface area contributed by atoms with Crippen LogP contribution in [0.15, 0.2) is 0 Å². The second-order valence-corrected chi connectivity index (χ2v) is 6.17. The van der Waals surface area contributed by atoms with E-state index >= 15 is 0 Å². The van der Waals surface area contributed by atoms with Crippen molar-refractivity contribution in [1.29, 1.82) is 0 Å². The molecular formula is C15H30N2O2. The molecule has 0 aromatic heterocycles. The summed E-state index contributed by atoms with van der Waals surface area (Å²) in [5, 5.41) is 12.5. The fourth-order valence-electron chi connectivity index (χ4n) is 3.21. The van der Waals surface area contributed by atoms with Crippen LogP contribution in [0, 0.1) is 5.92 Å². The minimum absolute atomic E-state index is 0.542. The van der Waals surface area contributed by atoms with Crippen molar-refractivity contribution < 1.29 is 9.90 Å². The van der Waals surface area contributed by atoms with Gasteiger partial charge >= 0.3 is 5.97 Å². The van der Waals surface area contributed by atoms with E-state index in [0.717, 1.165) is 5.92 Å². The molecule has 4 heteroatoms. The van der Waals surface area contributed by atoms with Gasteiger partial charge in [0, 0.05) is 12.6 Å². The van der Waals surface area contributed by atoms with E-state index in [0.29, 0.717) is 19.1 Å². The Labute approximate surface area is 117 Å². The fraction of sp³-hybridized carbons (Fsp3) is 0.933. The number of likely N-dealkylation sites (N-methyl/N-ethyl adjacent to an activating group) is 2. The van der Waals surface area contributed by atoms with E-state index < -0.39 is 11.5 Å². The van der Waals surface area contributed by atoms with Crippen molar-refractivity contribution >= 4 is 5.97 Å². The van der Waals surface area contributed by atoms with Gasteiger partial charge in [-0.25, -0.2) is 0 Å². The Morgan fingerprint density at radius 1 is 1.32 bits per heavy atom. The van der Waals surface area contributed by atoms with Crippen molar-refractivity contribution in [3.8, 4) is 0 Å². The lowest BCUT2D eigenvalue weighted by Gasteiger charge is -2.38. The van der Waals surface area contributed by atoms with Crippen LogP contribution < -0.4 is 5.32 Å². The number of nitrogens with one attached hydrogen (secondary N) is 1. The van der Waals surface area contributed by atoms with Gasteiger partial charge in [-0.1, -0.05) is 20.3 Å². The number of carboxylic acids is 1. The molecule has 2 N–H and O–H groups in total. The maximum atomic E-state index is 11.4. The van der Waals surface area contributed by atoms with E-state index in [9.17, 15) is 9.90 Å². The fourth-order valence-corrected chi connectivity index (χ4v) is 3.21. The summed E-state index contributed by atoms with van der Waals surface area (Å²) < 4.78 is 0. The molecule has 1 rings (SSSR count). The van der Waals surface area contributed by atoms with Crippen molar-refractivity contribution in [3.05, 3.63) is 0 Å². The predicted molar refractivity (Wildman–Crippen MR) is 78.4 cm³/mol. The first-order chi connectivity index (χ1) is 8.92. The smallest absolute Gasteiger partial charge is 0.324 e. The number of carbonyl (C=O) groups is 1. The van der Waals surface area contributed by atoms with Crippen LogP contribution in [0.5, 0.6) is 0 Å². The topological polar surface area (TPSA) is 52.6 Å². The summed E-state index contributed by atoms with van der Waals surface area (Å²) in [6.45, 7) is 7.25. The van der Waals surface area contributed by atoms with E-state index in [1.807, 2.05) is 6.92 Å². The monoisotopic (exact) mass is 270 g/mol. The Kier molecular flexibility index (Phi) is 6.27. The number of hydrogen-bond donors (Lipinski definition) is 2. The van der Waals surface area contributed by atoms with Crippen molar-refractivity contribution in [2.75, 3.05) is 20.1 Å². The molecule has 0 amide bonds. The molecule has 112 valence electrons. The van der Waals surface area contributed by atoms with E-state index in [1.165, 1.54) is 32.1 Å². The van der Waals surface area contributed by atoms with Gasteiger partial charge in [-0.05, 0) is 52.1 Å². The predicted octanol–water partition coefficient (Wildman–Crippen LogP) is 2.34. The lowest BCUT2D eigenvalue weighted by molar-refractivity contribution is -0.145. The van der Waals surface area contributed by atoms with Gasteiger partial charge < -0.3 is 15.3 Å². The van der Waals surface area contributed by atoms with Gasteiger partial charge in [-0.2, -0.15) is 0 Å². The van der Waals surface area contributed by atoms with Crippen LogP contribution in [0.2, 0.25) is 0 Å².